The van der Waals surface area contributed by atoms with Crippen molar-refractivity contribution in [1.29, 1.82) is 0 Å². The lowest BCUT2D eigenvalue weighted by Gasteiger charge is -2.06. The number of carbonyl (C=O) groups excluding carboxylic acids is 1. The average molecular weight is 299 g/mol. The lowest BCUT2D eigenvalue weighted by atomic mass is 10.1. The Kier molecular flexibility index (Phi) is 3.46. The van der Waals surface area contributed by atoms with Crippen LogP contribution >= 0.6 is 11.6 Å². The Morgan fingerprint density at radius 1 is 1.10 bits per heavy atom. The Hall–Kier alpha value is -2.59. The van der Waals surface area contributed by atoms with Crippen molar-refractivity contribution in [1.82, 2.24) is 4.98 Å². The minimum absolute atomic E-state index is 0.0496. The molecule has 0 atom stereocenters. The molecule has 2 N–H and O–H groups in total. The summed E-state index contributed by atoms with van der Waals surface area (Å²) in [6, 6.07) is 13.9. The quantitative estimate of drug-likeness (QED) is 0.761. The number of hydrogen-bond acceptors (Lipinski definition) is 2. The van der Waals surface area contributed by atoms with Crippen molar-refractivity contribution in [3.05, 3.63) is 75.5 Å². The maximum atomic E-state index is 12.4. The van der Waals surface area contributed by atoms with Crippen LogP contribution < -0.4 is 10.7 Å². The maximum Gasteiger partial charge on any atom is 0.261 e. The molecule has 0 aliphatic heterocycles. The molecule has 0 fully saturated rings. The number of benzene rings is 2. The Morgan fingerprint density at radius 3 is 2.62 bits per heavy atom. The number of halogens is 1. The zero-order valence-corrected chi connectivity index (χ0v) is 11.6. The lowest BCUT2D eigenvalue weighted by molar-refractivity contribution is 0.102. The highest BCUT2D eigenvalue weighted by molar-refractivity contribution is 6.31. The second-order valence-electron chi connectivity index (χ2n) is 4.54. The molecule has 0 saturated heterocycles. The molecule has 104 valence electrons. The van der Waals surface area contributed by atoms with E-state index in [4.69, 9.17) is 11.6 Å². The largest absolute Gasteiger partial charge is 0.360 e. The van der Waals surface area contributed by atoms with Gasteiger partial charge in [-0.05, 0) is 30.3 Å². The highest BCUT2D eigenvalue weighted by Gasteiger charge is 2.13. The van der Waals surface area contributed by atoms with E-state index in [0.717, 1.165) is 0 Å². The first-order valence-electron chi connectivity index (χ1n) is 6.32. The van der Waals surface area contributed by atoms with Gasteiger partial charge in [0, 0.05) is 27.8 Å². The lowest BCUT2D eigenvalue weighted by Crippen LogP contribution is -2.21. The van der Waals surface area contributed by atoms with Gasteiger partial charge in [-0.3, -0.25) is 9.59 Å². The first kappa shape index (κ1) is 13.4. The van der Waals surface area contributed by atoms with Crippen molar-refractivity contribution in [3.8, 4) is 0 Å². The van der Waals surface area contributed by atoms with Gasteiger partial charge in [0.15, 0.2) is 0 Å². The Balaban J connectivity index is 2.02. The molecule has 1 aromatic heterocycles. The number of fused-ring (bicyclic) bond motifs is 1. The van der Waals surface area contributed by atoms with E-state index < -0.39 is 5.91 Å². The number of hydrogen-bond donors (Lipinski definition) is 2. The van der Waals surface area contributed by atoms with Gasteiger partial charge in [-0.15, -0.1) is 0 Å². The van der Waals surface area contributed by atoms with E-state index >= 15 is 0 Å². The molecule has 5 heteroatoms. The molecular formula is C16H11ClN2O2. The van der Waals surface area contributed by atoms with Gasteiger partial charge in [0.1, 0.15) is 5.56 Å². The fraction of sp³-hybridized carbons (Fsp3) is 0. The number of pyridine rings is 1. The molecule has 0 bridgehead atoms. The van der Waals surface area contributed by atoms with Gasteiger partial charge >= 0.3 is 0 Å². The summed E-state index contributed by atoms with van der Waals surface area (Å²) in [6.07, 6.45) is 1.41. The molecular weight excluding hydrogens is 288 g/mol. The molecule has 1 heterocycles. The topological polar surface area (TPSA) is 62.0 Å². The standard InChI is InChI=1S/C16H11ClN2O2/c17-10-6-7-14-12(8-10)15(20)13(9-18-14)16(21)19-11-4-2-1-3-5-11/h1-9H,(H,18,20)(H,19,21). The highest BCUT2D eigenvalue weighted by Crippen LogP contribution is 2.15. The van der Waals surface area contributed by atoms with Gasteiger partial charge in [-0.1, -0.05) is 29.8 Å². The number of anilines is 1. The summed E-state index contributed by atoms with van der Waals surface area (Å²) < 4.78 is 0. The van der Waals surface area contributed by atoms with Crippen molar-refractivity contribution in [2.45, 2.75) is 0 Å². The predicted octanol–water partition coefficient (Wildman–Crippen LogP) is 3.43. The molecule has 21 heavy (non-hydrogen) atoms. The third kappa shape index (κ3) is 2.66. The average Bonchev–Trinajstić information content (AvgIpc) is 2.49. The third-order valence-electron chi connectivity index (χ3n) is 3.12. The summed E-state index contributed by atoms with van der Waals surface area (Å²) in [5.74, 6) is -0.454. The van der Waals surface area contributed by atoms with Crippen molar-refractivity contribution < 1.29 is 4.79 Å². The molecule has 0 unspecified atom stereocenters. The van der Waals surface area contributed by atoms with E-state index in [1.165, 1.54) is 6.20 Å². The van der Waals surface area contributed by atoms with Crippen LogP contribution in [-0.2, 0) is 0 Å². The molecule has 4 nitrogen and oxygen atoms in total. The van der Waals surface area contributed by atoms with E-state index in [9.17, 15) is 9.59 Å². The Bertz CT molecular complexity index is 872. The number of aromatic nitrogens is 1. The second kappa shape index (κ2) is 5.42. The number of nitrogens with one attached hydrogen (secondary N) is 2. The van der Waals surface area contributed by atoms with Crippen LogP contribution in [0.15, 0.2) is 59.5 Å². The monoisotopic (exact) mass is 298 g/mol. The van der Waals surface area contributed by atoms with Crippen molar-refractivity contribution in [3.63, 3.8) is 0 Å². The number of H-pyrrole nitrogens is 1. The van der Waals surface area contributed by atoms with Gasteiger partial charge in [0.2, 0.25) is 5.43 Å². The number of para-hydroxylation sites is 1. The van der Waals surface area contributed by atoms with Crippen LogP contribution in [0.25, 0.3) is 10.9 Å². The second-order valence-corrected chi connectivity index (χ2v) is 4.98. The summed E-state index contributed by atoms with van der Waals surface area (Å²) >= 11 is 5.90. The summed E-state index contributed by atoms with van der Waals surface area (Å²) in [5, 5.41) is 3.53. The van der Waals surface area contributed by atoms with Gasteiger partial charge in [0.25, 0.3) is 5.91 Å². The van der Waals surface area contributed by atoms with Crippen molar-refractivity contribution >= 4 is 34.1 Å². The van der Waals surface area contributed by atoms with Crippen LogP contribution in [0.2, 0.25) is 5.02 Å². The summed E-state index contributed by atoms with van der Waals surface area (Å²) in [5.41, 5.74) is 0.974. The van der Waals surface area contributed by atoms with Gasteiger partial charge in [0.05, 0.1) is 0 Å². The van der Waals surface area contributed by atoms with Gasteiger partial charge in [-0.2, -0.15) is 0 Å². The fourth-order valence-electron chi connectivity index (χ4n) is 2.08. The molecule has 0 spiro atoms. The molecule has 3 aromatic rings. The molecule has 1 amide bonds. The van der Waals surface area contributed by atoms with E-state index in [1.54, 1.807) is 42.5 Å². The number of aromatic amines is 1. The molecule has 2 aromatic carbocycles. The molecule has 0 aliphatic carbocycles. The van der Waals surface area contributed by atoms with E-state index in [0.29, 0.717) is 21.6 Å². The minimum Gasteiger partial charge on any atom is -0.360 e. The number of amides is 1. The smallest absolute Gasteiger partial charge is 0.261 e. The molecule has 0 saturated carbocycles. The van der Waals surface area contributed by atoms with Gasteiger partial charge in [-0.25, -0.2) is 0 Å². The van der Waals surface area contributed by atoms with Crippen LogP contribution in [0.1, 0.15) is 10.4 Å². The van der Waals surface area contributed by atoms with Crippen LogP contribution in [0, 0.1) is 0 Å². The SMILES string of the molecule is O=C(Nc1ccccc1)c1c[nH]c2ccc(Cl)cc2c1=O. The predicted molar refractivity (Wildman–Crippen MR) is 84.0 cm³/mol. The van der Waals surface area contributed by atoms with E-state index in [2.05, 4.69) is 10.3 Å². The summed E-state index contributed by atoms with van der Waals surface area (Å²) in [7, 11) is 0. The van der Waals surface area contributed by atoms with Crippen molar-refractivity contribution in [2.24, 2.45) is 0 Å². The Labute approximate surface area is 125 Å². The maximum absolute atomic E-state index is 12.4. The minimum atomic E-state index is -0.454. The highest BCUT2D eigenvalue weighted by atomic mass is 35.5. The number of carbonyl (C=O) groups is 1. The Morgan fingerprint density at radius 2 is 1.86 bits per heavy atom. The first-order chi connectivity index (χ1) is 10.1. The summed E-state index contributed by atoms with van der Waals surface area (Å²) in [6.45, 7) is 0. The zero-order chi connectivity index (χ0) is 14.8. The van der Waals surface area contributed by atoms with Crippen LogP contribution in [0.4, 0.5) is 5.69 Å². The normalized spacial score (nSPS) is 10.5. The summed E-state index contributed by atoms with van der Waals surface area (Å²) in [4.78, 5) is 27.5. The number of rotatable bonds is 2. The van der Waals surface area contributed by atoms with Crippen molar-refractivity contribution in [2.75, 3.05) is 5.32 Å². The van der Waals surface area contributed by atoms with Gasteiger partial charge < -0.3 is 10.3 Å². The van der Waals surface area contributed by atoms with E-state index in [-0.39, 0.29) is 11.0 Å². The van der Waals surface area contributed by atoms with E-state index in [1.807, 2.05) is 6.07 Å². The molecule has 0 aliphatic rings. The van der Waals surface area contributed by atoms with Crippen LogP contribution in [0.5, 0.6) is 0 Å². The molecule has 3 rings (SSSR count). The first-order valence-corrected chi connectivity index (χ1v) is 6.70. The fourth-order valence-corrected chi connectivity index (χ4v) is 2.25. The van der Waals surface area contributed by atoms with Crippen LogP contribution in [-0.4, -0.2) is 10.9 Å². The zero-order valence-electron chi connectivity index (χ0n) is 10.9. The van der Waals surface area contributed by atoms with Crippen LogP contribution in [0.3, 0.4) is 0 Å². The molecule has 0 radical (unpaired) electrons. The third-order valence-corrected chi connectivity index (χ3v) is 3.35.